The van der Waals surface area contributed by atoms with Gasteiger partial charge in [-0.25, -0.2) is 9.97 Å². The molecule has 0 radical (unpaired) electrons. The van der Waals surface area contributed by atoms with Crippen LogP contribution in [0, 0.1) is 10.1 Å². The van der Waals surface area contributed by atoms with E-state index in [2.05, 4.69) is 25.1 Å². The number of amides is 1. The van der Waals surface area contributed by atoms with Gasteiger partial charge in [0.25, 0.3) is 5.69 Å². The van der Waals surface area contributed by atoms with Crippen LogP contribution in [-0.4, -0.2) is 57.9 Å². The molecule has 2 aromatic rings. The molecule has 0 bridgehead atoms. The van der Waals surface area contributed by atoms with Crippen molar-refractivity contribution in [2.75, 3.05) is 36.4 Å². The first-order valence-corrected chi connectivity index (χ1v) is 8.36. The normalized spacial score (nSPS) is 16.1. The summed E-state index contributed by atoms with van der Waals surface area (Å²) in [5.74, 6) is 0.138. The zero-order chi connectivity index (χ0) is 18.5. The van der Waals surface area contributed by atoms with E-state index in [1.807, 2.05) is 13.0 Å². The average Bonchev–Trinajstić information content (AvgIpc) is 2.68. The Bertz CT molecular complexity index is 777. The molecule has 1 saturated heterocycles. The number of non-ortho nitro benzene ring substituents is 1. The number of hydrogen-bond acceptors (Lipinski definition) is 7. The summed E-state index contributed by atoms with van der Waals surface area (Å²) in [4.78, 5) is 35.1. The van der Waals surface area contributed by atoms with Gasteiger partial charge < -0.3 is 4.90 Å². The second kappa shape index (κ2) is 7.87. The molecular formula is C17H20N6O3. The minimum absolute atomic E-state index is 0.0838. The first kappa shape index (κ1) is 17.7. The summed E-state index contributed by atoms with van der Waals surface area (Å²) in [6.45, 7) is 4.61. The molecule has 1 aliphatic heterocycles. The molecule has 1 unspecified atom stereocenters. The summed E-state index contributed by atoms with van der Waals surface area (Å²) in [6.07, 6.45) is 3.15. The number of aromatic nitrogens is 2. The molecule has 0 aliphatic carbocycles. The van der Waals surface area contributed by atoms with E-state index >= 15 is 0 Å². The lowest BCUT2D eigenvalue weighted by Gasteiger charge is -2.38. The standard InChI is InChI=1S/C17H20N6O3/c1-13(16(24)20-17-18-6-3-7-19-17)21-8-10-22(11-9-21)14-4-2-5-15(12-14)23(25)26/h2-7,12-13H,8-11H2,1H3,(H,18,19,20,24). The maximum Gasteiger partial charge on any atom is 0.271 e. The Labute approximate surface area is 150 Å². The Morgan fingerprint density at radius 1 is 1.19 bits per heavy atom. The Balaban J connectivity index is 1.57. The van der Waals surface area contributed by atoms with E-state index in [4.69, 9.17) is 0 Å². The van der Waals surface area contributed by atoms with Crippen LogP contribution in [0.4, 0.5) is 17.3 Å². The highest BCUT2D eigenvalue weighted by atomic mass is 16.6. The number of rotatable bonds is 5. The highest BCUT2D eigenvalue weighted by Crippen LogP contribution is 2.22. The first-order chi connectivity index (χ1) is 12.5. The van der Waals surface area contributed by atoms with Crippen molar-refractivity contribution in [1.29, 1.82) is 0 Å². The minimum Gasteiger partial charge on any atom is -0.369 e. The Hall–Kier alpha value is -3.07. The zero-order valence-electron chi connectivity index (χ0n) is 14.4. The number of carbonyl (C=O) groups is 1. The topological polar surface area (TPSA) is 104 Å². The van der Waals surface area contributed by atoms with Crippen LogP contribution in [-0.2, 0) is 4.79 Å². The molecule has 3 rings (SSSR count). The molecule has 9 heteroatoms. The van der Waals surface area contributed by atoms with Crippen molar-refractivity contribution in [2.45, 2.75) is 13.0 Å². The SMILES string of the molecule is CC(C(=O)Nc1ncccn1)N1CCN(c2cccc([N+](=O)[O-])c2)CC1. The van der Waals surface area contributed by atoms with Gasteiger partial charge in [0.2, 0.25) is 11.9 Å². The lowest BCUT2D eigenvalue weighted by molar-refractivity contribution is -0.384. The van der Waals surface area contributed by atoms with Crippen LogP contribution in [0.2, 0.25) is 0 Å². The van der Waals surface area contributed by atoms with E-state index in [9.17, 15) is 14.9 Å². The van der Waals surface area contributed by atoms with Crippen LogP contribution in [0.1, 0.15) is 6.92 Å². The van der Waals surface area contributed by atoms with Crippen molar-refractivity contribution in [3.8, 4) is 0 Å². The monoisotopic (exact) mass is 356 g/mol. The van der Waals surface area contributed by atoms with Gasteiger partial charge in [-0.05, 0) is 19.1 Å². The van der Waals surface area contributed by atoms with E-state index in [1.165, 1.54) is 6.07 Å². The van der Waals surface area contributed by atoms with Gasteiger partial charge in [-0.2, -0.15) is 0 Å². The highest BCUT2D eigenvalue weighted by Gasteiger charge is 2.26. The molecule has 1 aliphatic rings. The lowest BCUT2D eigenvalue weighted by atomic mass is 10.2. The van der Waals surface area contributed by atoms with E-state index in [0.29, 0.717) is 32.1 Å². The van der Waals surface area contributed by atoms with E-state index in [1.54, 1.807) is 30.6 Å². The number of benzene rings is 1. The molecule has 136 valence electrons. The molecular weight excluding hydrogens is 336 g/mol. The fraction of sp³-hybridized carbons (Fsp3) is 0.353. The van der Waals surface area contributed by atoms with Gasteiger partial charge in [0.05, 0.1) is 11.0 Å². The van der Waals surface area contributed by atoms with Gasteiger partial charge in [-0.3, -0.25) is 25.1 Å². The van der Waals surface area contributed by atoms with Crippen molar-refractivity contribution in [3.05, 3.63) is 52.8 Å². The largest absolute Gasteiger partial charge is 0.369 e. The van der Waals surface area contributed by atoms with Crippen molar-refractivity contribution >= 4 is 23.2 Å². The number of nitrogens with one attached hydrogen (secondary N) is 1. The maximum atomic E-state index is 12.4. The molecule has 1 atom stereocenters. The van der Waals surface area contributed by atoms with Crippen LogP contribution < -0.4 is 10.2 Å². The van der Waals surface area contributed by atoms with Gasteiger partial charge >= 0.3 is 0 Å². The number of carbonyl (C=O) groups excluding carboxylic acids is 1. The average molecular weight is 356 g/mol. The number of nitro groups is 1. The van der Waals surface area contributed by atoms with Crippen LogP contribution in [0.25, 0.3) is 0 Å². The quantitative estimate of drug-likeness (QED) is 0.640. The molecule has 1 amide bonds. The predicted molar refractivity (Wildman–Crippen MR) is 97.0 cm³/mol. The fourth-order valence-electron chi connectivity index (χ4n) is 2.91. The molecule has 2 heterocycles. The van der Waals surface area contributed by atoms with Crippen LogP contribution in [0.15, 0.2) is 42.7 Å². The third kappa shape index (κ3) is 4.12. The molecule has 1 aromatic heterocycles. The number of anilines is 2. The second-order valence-electron chi connectivity index (χ2n) is 6.04. The van der Waals surface area contributed by atoms with Gasteiger partial charge in [-0.15, -0.1) is 0 Å². The fourth-order valence-corrected chi connectivity index (χ4v) is 2.91. The lowest BCUT2D eigenvalue weighted by Crippen LogP contribution is -2.52. The number of nitrogens with zero attached hydrogens (tertiary/aromatic N) is 5. The molecule has 1 N–H and O–H groups in total. The van der Waals surface area contributed by atoms with Crippen molar-refractivity contribution in [2.24, 2.45) is 0 Å². The van der Waals surface area contributed by atoms with Crippen LogP contribution >= 0.6 is 0 Å². The summed E-state index contributed by atoms with van der Waals surface area (Å²) in [5, 5.41) is 13.6. The Kier molecular flexibility index (Phi) is 5.37. The maximum absolute atomic E-state index is 12.4. The van der Waals surface area contributed by atoms with E-state index < -0.39 is 4.92 Å². The van der Waals surface area contributed by atoms with Crippen molar-refractivity contribution < 1.29 is 9.72 Å². The van der Waals surface area contributed by atoms with Crippen LogP contribution in [0.5, 0.6) is 0 Å². The molecule has 0 saturated carbocycles. The van der Waals surface area contributed by atoms with Gasteiger partial charge in [0.15, 0.2) is 0 Å². The van der Waals surface area contributed by atoms with Crippen molar-refractivity contribution in [3.63, 3.8) is 0 Å². The summed E-state index contributed by atoms with van der Waals surface area (Å²) >= 11 is 0. The molecule has 1 fully saturated rings. The number of piperazine rings is 1. The van der Waals surface area contributed by atoms with E-state index in [-0.39, 0.29) is 17.6 Å². The first-order valence-electron chi connectivity index (χ1n) is 8.36. The second-order valence-corrected chi connectivity index (χ2v) is 6.04. The third-order valence-corrected chi connectivity index (χ3v) is 4.45. The Morgan fingerprint density at radius 2 is 1.88 bits per heavy atom. The van der Waals surface area contributed by atoms with E-state index in [0.717, 1.165) is 5.69 Å². The summed E-state index contributed by atoms with van der Waals surface area (Å²) in [7, 11) is 0. The third-order valence-electron chi connectivity index (χ3n) is 4.45. The van der Waals surface area contributed by atoms with Gasteiger partial charge in [0.1, 0.15) is 0 Å². The number of hydrogen-bond donors (Lipinski definition) is 1. The highest BCUT2D eigenvalue weighted by molar-refractivity contribution is 5.93. The molecule has 0 spiro atoms. The van der Waals surface area contributed by atoms with Gasteiger partial charge in [-0.1, -0.05) is 6.07 Å². The Morgan fingerprint density at radius 3 is 2.54 bits per heavy atom. The predicted octanol–water partition coefficient (Wildman–Crippen LogP) is 1.53. The van der Waals surface area contributed by atoms with Crippen molar-refractivity contribution in [1.82, 2.24) is 14.9 Å². The summed E-state index contributed by atoms with van der Waals surface area (Å²) < 4.78 is 0. The molecule has 1 aromatic carbocycles. The smallest absolute Gasteiger partial charge is 0.271 e. The molecule has 26 heavy (non-hydrogen) atoms. The summed E-state index contributed by atoms with van der Waals surface area (Å²) in [5.41, 5.74) is 0.911. The van der Waals surface area contributed by atoms with Gasteiger partial charge in [0, 0.05) is 56.4 Å². The minimum atomic E-state index is -0.391. The summed E-state index contributed by atoms with van der Waals surface area (Å²) in [6, 6.07) is 8.00. The number of nitro benzene ring substituents is 1. The molecule has 9 nitrogen and oxygen atoms in total. The van der Waals surface area contributed by atoms with Crippen LogP contribution in [0.3, 0.4) is 0 Å². The zero-order valence-corrected chi connectivity index (χ0v) is 14.4.